The van der Waals surface area contributed by atoms with E-state index in [9.17, 15) is 14.4 Å². The van der Waals surface area contributed by atoms with E-state index in [1.165, 1.54) is 11.0 Å². The largest absolute Gasteiger partial charge is 0.480 e. The van der Waals surface area contributed by atoms with Gasteiger partial charge in [-0.15, -0.1) is 0 Å². The standard InChI is InChI=1S/C13H12N2O4/c16-11(17)8-14-12(18)10-6-3-5-9-4-1-2-7-15(9)13(10)19/h1-2,4-7H,3,8H2,(H,14,18)(H,16,17). The fourth-order valence-electron chi connectivity index (χ4n) is 1.76. The molecule has 2 aliphatic rings. The van der Waals surface area contributed by atoms with Crippen molar-refractivity contribution >= 4 is 17.8 Å². The summed E-state index contributed by atoms with van der Waals surface area (Å²) in [5.41, 5.74) is 0.650. The number of hydrogen-bond donors (Lipinski definition) is 2. The number of fused-ring (bicyclic) bond motifs is 1. The first kappa shape index (κ1) is 12.8. The highest BCUT2D eigenvalue weighted by atomic mass is 16.4. The lowest BCUT2D eigenvalue weighted by Gasteiger charge is -2.21. The second kappa shape index (κ2) is 5.34. The summed E-state index contributed by atoms with van der Waals surface area (Å²) in [6.45, 7) is -0.514. The van der Waals surface area contributed by atoms with E-state index in [4.69, 9.17) is 5.11 Å². The van der Waals surface area contributed by atoms with Crippen LogP contribution in [0.3, 0.4) is 0 Å². The number of carboxylic acid groups (broad SMARTS) is 1. The highest BCUT2D eigenvalue weighted by Gasteiger charge is 2.26. The Labute approximate surface area is 109 Å². The number of allylic oxidation sites excluding steroid dienone is 5. The fraction of sp³-hybridized carbons (Fsp3) is 0.154. The van der Waals surface area contributed by atoms with Crippen molar-refractivity contribution in [2.24, 2.45) is 0 Å². The van der Waals surface area contributed by atoms with Gasteiger partial charge >= 0.3 is 5.97 Å². The normalized spacial score (nSPS) is 17.3. The number of aliphatic carboxylic acids is 1. The number of nitrogens with one attached hydrogen (secondary N) is 1. The van der Waals surface area contributed by atoms with Gasteiger partial charge in [0.1, 0.15) is 12.1 Å². The summed E-state index contributed by atoms with van der Waals surface area (Å²) >= 11 is 0. The van der Waals surface area contributed by atoms with Gasteiger partial charge in [0.15, 0.2) is 0 Å². The van der Waals surface area contributed by atoms with Crippen LogP contribution >= 0.6 is 0 Å². The lowest BCUT2D eigenvalue weighted by molar-refractivity contribution is -0.138. The van der Waals surface area contributed by atoms with Gasteiger partial charge in [-0.3, -0.25) is 19.3 Å². The number of amides is 2. The third kappa shape index (κ3) is 2.79. The number of hydrogen-bond acceptors (Lipinski definition) is 3. The second-order valence-corrected chi connectivity index (χ2v) is 3.93. The quantitative estimate of drug-likeness (QED) is 0.715. The van der Waals surface area contributed by atoms with Crippen LogP contribution in [0.2, 0.25) is 0 Å². The molecule has 2 rings (SSSR count). The molecule has 0 atom stereocenters. The minimum atomic E-state index is -1.16. The van der Waals surface area contributed by atoms with Crippen LogP contribution in [0, 0.1) is 0 Å². The van der Waals surface area contributed by atoms with Crippen LogP contribution in [-0.2, 0) is 14.4 Å². The van der Waals surface area contributed by atoms with Crippen LogP contribution in [0.25, 0.3) is 0 Å². The number of rotatable bonds is 3. The molecule has 0 saturated carbocycles. The van der Waals surface area contributed by atoms with Gasteiger partial charge in [0.05, 0.1) is 0 Å². The summed E-state index contributed by atoms with van der Waals surface area (Å²) in [7, 11) is 0. The Morgan fingerprint density at radius 3 is 2.84 bits per heavy atom. The summed E-state index contributed by atoms with van der Waals surface area (Å²) in [6.07, 6.45) is 10.6. The molecule has 19 heavy (non-hydrogen) atoms. The molecule has 0 aromatic heterocycles. The van der Waals surface area contributed by atoms with Gasteiger partial charge in [-0.05, 0) is 18.6 Å². The Balaban J connectivity index is 2.15. The van der Waals surface area contributed by atoms with Gasteiger partial charge in [-0.25, -0.2) is 0 Å². The van der Waals surface area contributed by atoms with E-state index in [1.54, 1.807) is 24.4 Å². The van der Waals surface area contributed by atoms with Gasteiger partial charge in [0, 0.05) is 11.9 Å². The topological polar surface area (TPSA) is 86.7 Å². The molecule has 0 aromatic carbocycles. The van der Waals surface area contributed by atoms with Crippen LogP contribution in [0.15, 0.2) is 47.9 Å². The monoisotopic (exact) mass is 260 g/mol. The molecular weight excluding hydrogens is 248 g/mol. The van der Waals surface area contributed by atoms with Crippen LogP contribution in [-0.4, -0.2) is 34.3 Å². The molecule has 6 heteroatoms. The SMILES string of the molecule is O=C(O)CNC(=O)C1=CCC=C2C=CC=CN2C1=O. The first-order valence-corrected chi connectivity index (χ1v) is 5.68. The van der Waals surface area contributed by atoms with Crippen LogP contribution in [0.4, 0.5) is 0 Å². The molecule has 0 aliphatic carbocycles. The highest BCUT2D eigenvalue weighted by molar-refractivity contribution is 6.19. The van der Waals surface area contributed by atoms with E-state index in [0.717, 1.165) is 0 Å². The molecule has 0 spiro atoms. The average Bonchev–Trinajstić information content (AvgIpc) is 2.56. The van der Waals surface area contributed by atoms with Crippen molar-refractivity contribution in [3.8, 4) is 0 Å². The number of carbonyl (C=O) groups excluding carboxylic acids is 2. The molecule has 2 aliphatic heterocycles. The molecule has 0 aromatic rings. The zero-order valence-electron chi connectivity index (χ0n) is 10.00. The molecule has 98 valence electrons. The molecule has 2 N–H and O–H groups in total. The summed E-state index contributed by atoms with van der Waals surface area (Å²) in [5.74, 6) is -2.30. The predicted octanol–water partition coefficient (Wildman–Crippen LogP) is 0.313. The summed E-state index contributed by atoms with van der Waals surface area (Å²) in [6, 6.07) is 0. The van der Waals surface area contributed by atoms with Crippen LogP contribution in [0.1, 0.15) is 6.42 Å². The average molecular weight is 260 g/mol. The number of carboxylic acids is 1. The van der Waals surface area contributed by atoms with E-state index < -0.39 is 24.3 Å². The molecule has 0 fully saturated rings. The number of carbonyl (C=O) groups is 3. The Bertz CT molecular complexity index is 555. The lowest BCUT2D eigenvalue weighted by atomic mass is 10.2. The number of nitrogens with zero attached hydrogens (tertiary/aromatic N) is 1. The molecule has 0 bridgehead atoms. The Kier molecular flexibility index (Phi) is 3.61. The molecule has 0 radical (unpaired) electrons. The maximum absolute atomic E-state index is 12.2. The Hall–Kier alpha value is -2.63. The van der Waals surface area contributed by atoms with Gasteiger partial charge in [-0.2, -0.15) is 0 Å². The van der Waals surface area contributed by atoms with Crippen molar-refractivity contribution < 1.29 is 19.5 Å². The van der Waals surface area contributed by atoms with Crippen molar-refractivity contribution in [1.82, 2.24) is 10.2 Å². The van der Waals surface area contributed by atoms with E-state index in [0.29, 0.717) is 12.1 Å². The fourth-order valence-corrected chi connectivity index (χ4v) is 1.76. The van der Waals surface area contributed by atoms with E-state index in [1.807, 2.05) is 6.08 Å². The van der Waals surface area contributed by atoms with E-state index in [2.05, 4.69) is 5.32 Å². The zero-order valence-corrected chi connectivity index (χ0v) is 10.00. The molecular formula is C13H12N2O4. The minimum Gasteiger partial charge on any atom is -0.480 e. The Morgan fingerprint density at radius 2 is 2.11 bits per heavy atom. The second-order valence-electron chi connectivity index (χ2n) is 3.93. The summed E-state index contributed by atoms with van der Waals surface area (Å²) in [5, 5.41) is 10.7. The first-order chi connectivity index (χ1) is 9.09. The van der Waals surface area contributed by atoms with Crippen LogP contribution in [0.5, 0.6) is 0 Å². The predicted molar refractivity (Wildman–Crippen MR) is 66.6 cm³/mol. The van der Waals surface area contributed by atoms with Crippen molar-refractivity contribution in [1.29, 1.82) is 0 Å². The minimum absolute atomic E-state index is 0.0487. The first-order valence-electron chi connectivity index (χ1n) is 5.68. The van der Waals surface area contributed by atoms with Crippen molar-refractivity contribution in [2.45, 2.75) is 6.42 Å². The third-order valence-corrected chi connectivity index (χ3v) is 2.63. The van der Waals surface area contributed by atoms with E-state index >= 15 is 0 Å². The maximum atomic E-state index is 12.2. The zero-order chi connectivity index (χ0) is 13.8. The molecule has 0 unspecified atom stereocenters. The smallest absolute Gasteiger partial charge is 0.322 e. The highest BCUT2D eigenvalue weighted by Crippen LogP contribution is 2.20. The summed E-state index contributed by atoms with van der Waals surface area (Å²) < 4.78 is 0. The molecule has 0 saturated heterocycles. The molecule has 2 heterocycles. The van der Waals surface area contributed by atoms with Crippen molar-refractivity contribution in [3.63, 3.8) is 0 Å². The van der Waals surface area contributed by atoms with Crippen molar-refractivity contribution in [3.05, 3.63) is 47.9 Å². The van der Waals surface area contributed by atoms with Gasteiger partial charge in [0.25, 0.3) is 11.8 Å². The molecule has 6 nitrogen and oxygen atoms in total. The van der Waals surface area contributed by atoms with Gasteiger partial charge < -0.3 is 10.4 Å². The Morgan fingerprint density at radius 1 is 1.32 bits per heavy atom. The maximum Gasteiger partial charge on any atom is 0.322 e. The third-order valence-electron chi connectivity index (χ3n) is 2.63. The van der Waals surface area contributed by atoms with Gasteiger partial charge in [-0.1, -0.05) is 18.2 Å². The van der Waals surface area contributed by atoms with Crippen molar-refractivity contribution in [2.75, 3.05) is 6.54 Å². The van der Waals surface area contributed by atoms with Gasteiger partial charge in [0.2, 0.25) is 0 Å². The lowest BCUT2D eigenvalue weighted by Crippen LogP contribution is -2.36. The summed E-state index contributed by atoms with van der Waals surface area (Å²) in [4.78, 5) is 35.7. The van der Waals surface area contributed by atoms with Crippen LogP contribution < -0.4 is 5.32 Å². The van der Waals surface area contributed by atoms with E-state index in [-0.39, 0.29) is 5.57 Å². The molecule has 2 amide bonds.